The molecule has 1 unspecified atom stereocenters. The summed E-state index contributed by atoms with van der Waals surface area (Å²) in [5.74, 6) is 1.78. The zero-order chi connectivity index (χ0) is 10.2. The van der Waals surface area contributed by atoms with Crippen LogP contribution in [0.1, 0.15) is 26.2 Å². The Hall–Kier alpha value is 0.400. The first kappa shape index (κ1) is 13.4. The molecule has 1 N–H and O–H groups in total. The highest BCUT2D eigenvalue weighted by atomic mass is 32.1. The zero-order valence-corrected chi connectivity index (χ0v) is 10.2. The minimum Gasteiger partial charge on any atom is -0.307 e. The molecule has 0 saturated carbocycles. The van der Waals surface area contributed by atoms with Gasteiger partial charge >= 0.3 is 0 Å². The van der Waals surface area contributed by atoms with E-state index in [9.17, 15) is 0 Å². The van der Waals surface area contributed by atoms with Gasteiger partial charge in [-0.25, -0.2) is 0 Å². The molecule has 0 aliphatic rings. The fourth-order valence-corrected chi connectivity index (χ4v) is 2.35. The molecule has 1 nitrogen and oxygen atoms in total. The second-order valence-electron chi connectivity index (χ2n) is 3.33. The lowest BCUT2D eigenvalue weighted by Gasteiger charge is -2.32. The average molecular weight is 219 g/mol. The molecule has 0 aliphatic heterocycles. The summed E-state index contributed by atoms with van der Waals surface area (Å²) in [5, 5.41) is 3.49. The Kier molecular flexibility index (Phi) is 8.01. The van der Waals surface area contributed by atoms with Crippen LogP contribution >= 0.6 is 25.3 Å². The van der Waals surface area contributed by atoms with Gasteiger partial charge < -0.3 is 5.32 Å². The van der Waals surface area contributed by atoms with Crippen molar-refractivity contribution in [3.8, 4) is 0 Å². The maximum absolute atomic E-state index is 4.41. The van der Waals surface area contributed by atoms with Crippen LogP contribution in [0.2, 0.25) is 0 Å². The van der Waals surface area contributed by atoms with Crippen molar-refractivity contribution in [1.29, 1.82) is 0 Å². The molecule has 0 aromatic rings. The lowest BCUT2D eigenvalue weighted by atomic mass is 9.92. The molecule has 0 aliphatic carbocycles. The van der Waals surface area contributed by atoms with Crippen molar-refractivity contribution in [3.05, 3.63) is 12.7 Å². The van der Waals surface area contributed by atoms with Crippen LogP contribution in [0, 0.1) is 0 Å². The lowest BCUT2D eigenvalue weighted by Crippen LogP contribution is -2.47. The second-order valence-corrected chi connectivity index (χ2v) is 4.10. The molecule has 13 heavy (non-hydrogen) atoms. The highest BCUT2D eigenvalue weighted by molar-refractivity contribution is 7.80. The molecule has 0 aromatic carbocycles. The summed E-state index contributed by atoms with van der Waals surface area (Å²) in [4.78, 5) is 0. The molecule has 0 saturated heterocycles. The van der Waals surface area contributed by atoms with Crippen LogP contribution in [0.25, 0.3) is 0 Å². The standard InChI is InChI=1S/C10H21NS2/c1-3-5-10(9-13,6-8-12)11-7-4-2/h4,11-13H,2-3,5-9H2,1H3. The van der Waals surface area contributed by atoms with Gasteiger partial charge in [-0.3, -0.25) is 0 Å². The van der Waals surface area contributed by atoms with E-state index in [1.165, 1.54) is 6.42 Å². The molecular weight excluding hydrogens is 198 g/mol. The van der Waals surface area contributed by atoms with E-state index in [0.29, 0.717) is 0 Å². The van der Waals surface area contributed by atoms with Crippen LogP contribution in [0.5, 0.6) is 0 Å². The molecule has 0 spiro atoms. The molecule has 0 radical (unpaired) electrons. The Morgan fingerprint density at radius 1 is 1.38 bits per heavy atom. The number of hydrogen-bond donors (Lipinski definition) is 3. The third kappa shape index (κ3) is 4.99. The van der Waals surface area contributed by atoms with Crippen molar-refractivity contribution in [2.45, 2.75) is 31.7 Å². The monoisotopic (exact) mass is 219 g/mol. The first-order chi connectivity index (χ1) is 6.24. The van der Waals surface area contributed by atoms with Crippen molar-refractivity contribution in [2.75, 3.05) is 18.1 Å². The van der Waals surface area contributed by atoms with Crippen LogP contribution in [0.4, 0.5) is 0 Å². The average Bonchev–Trinajstić information content (AvgIpc) is 2.15. The van der Waals surface area contributed by atoms with Gasteiger partial charge in [0.25, 0.3) is 0 Å². The molecule has 0 aromatic heterocycles. The normalized spacial score (nSPS) is 15.3. The Bertz CT molecular complexity index is 131. The predicted molar refractivity (Wildman–Crippen MR) is 68.2 cm³/mol. The summed E-state index contributed by atoms with van der Waals surface area (Å²) >= 11 is 8.69. The molecule has 0 heterocycles. The molecule has 0 rings (SSSR count). The Morgan fingerprint density at radius 2 is 2.08 bits per heavy atom. The van der Waals surface area contributed by atoms with E-state index in [-0.39, 0.29) is 5.54 Å². The molecule has 0 amide bonds. The zero-order valence-electron chi connectivity index (χ0n) is 8.42. The maximum atomic E-state index is 4.41. The van der Waals surface area contributed by atoms with Crippen LogP contribution < -0.4 is 5.32 Å². The van der Waals surface area contributed by atoms with Crippen LogP contribution in [-0.4, -0.2) is 23.6 Å². The van der Waals surface area contributed by atoms with E-state index in [1.54, 1.807) is 0 Å². The molecule has 78 valence electrons. The van der Waals surface area contributed by atoms with Gasteiger partial charge in [-0.2, -0.15) is 25.3 Å². The van der Waals surface area contributed by atoms with Gasteiger partial charge in [-0.1, -0.05) is 19.4 Å². The summed E-state index contributed by atoms with van der Waals surface area (Å²) < 4.78 is 0. The van der Waals surface area contributed by atoms with Gasteiger partial charge in [0.1, 0.15) is 0 Å². The van der Waals surface area contributed by atoms with Crippen molar-refractivity contribution >= 4 is 25.3 Å². The van der Waals surface area contributed by atoms with Gasteiger partial charge in [0.2, 0.25) is 0 Å². The largest absolute Gasteiger partial charge is 0.307 e. The quantitative estimate of drug-likeness (QED) is 0.421. The van der Waals surface area contributed by atoms with Crippen LogP contribution in [0.3, 0.4) is 0 Å². The summed E-state index contributed by atoms with van der Waals surface area (Å²) in [6, 6.07) is 0. The fraction of sp³-hybridized carbons (Fsp3) is 0.800. The number of nitrogens with one attached hydrogen (secondary N) is 1. The summed E-state index contributed by atoms with van der Waals surface area (Å²) in [5.41, 5.74) is 0.161. The van der Waals surface area contributed by atoms with Crippen molar-refractivity contribution < 1.29 is 0 Å². The number of rotatable bonds is 8. The fourth-order valence-electron chi connectivity index (χ4n) is 1.50. The Morgan fingerprint density at radius 3 is 2.46 bits per heavy atom. The van der Waals surface area contributed by atoms with Gasteiger partial charge in [-0.15, -0.1) is 6.58 Å². The molecular formula is C10H21NS2. The minimum absolute atomic E-state index is 0.161. The molecule has 0 fully saturated rings. The summed E-state index contributed by atoms with van der Waals surface area (Å²) in [6.45, 7) is 6.77. The van der Waals surface area contributed by atoms with E-state index in [4.69, 9.17) is 0 Å². The first-order valence-electron chi connectivity index (χ1n) is 4.82. The van der Waals surface area contributed by atoms with Gasteiger partial charge in [-0.05, 0) is 18.6 Å². The highest BCUT2D eigenvalue weighted by Gasteiger charge is 2.25. The van der Waals surface area contributed by atoms with Gasteiger partial charge in [0, 0.05) is 17.8 Å². The number of thiol groups is 2. The van der Waals surface area contributed by atoms with Crippen LogP contribution in [0.15, 0.2) is 12.7 Å². The van der Waals surface area contributed by atoms with Crippen LogP contribution in [-0.2, 0) is 0 Å². The van der Waals surface area contributed by atoms with Crippen molar-refractivity contribution in [1.82, 2.24) is 5.32 Å². The molecule has 0 bridgehead atoms. The summed E-state index contributed by atoms with van der Waals surface area (Å²) in [7, 11) is 0. The summed E-state index contributed by atoms with van der Waals surface area (Å²) in [6.07, 6.45) is 5.30. The topological polar surface area (TPSA) is 12.0 Å². The molecule has 1 atom stereocenters. The van der Waals surface area contributed by atoms with E-state index in [2.05, 4.69) is 44.1 Å². The highest BCUT2D eigenvalue weighted by Crippen LogP contribution is 2.19. The Labute approximate surface area is 93.2 Å². The number of hydrogen-bond acceptors (Lipinski definition) is 3. The van der Waals surface area contributed by atoms with E-state index >= 15 is 0 Å². The predicted octanol–water partition coefficient (Wildman–Crippen LogP) is 2.55. The van der Waals surface area contributed by atoms with Gasteiger partial charge in [0.05, 0.1) is 0 Å². The van der Waals surface area contributed by atoms with Crippen molar-refractivity contribution in [2.24, 2.45) is 0 Å². The second kappa shape index (κ2) is 7.77. The SMILES string of the molecule is C=CCNC(CS)(CCC)CCS. The van der Waals surface area contributed by atoms with Gasteiger partial charge in [0.15, 0.2) is 0 Å². The maximum Gasteiger partial charge on any atom is 0.0279 e. The van der Waals surface area contributed by atoms with Crippen molar-refractivity contribution in [3.63, 3.8) is 0 Å². The minimum atomic E-state index is 0.161. The third-order valence-electron chi connectivity index (χ3n) is 2.24. The van der Waals surface area contributed by atoms with E-state index in [1.807, 2.05) is 6.08 Å². The third-order valence-corrected chi connectivity index (χ3v) is 3.07. The van der Waals surface area contributed by atoms with E-state index in [0.717, 1.165) is 30.9 Å². The van der Waals surface area contributed by atoms with E-state index < -0.39 is 0 Å². The molecule has 3 heteroatoms. The lowest BCUT2D eigenvalue weighted by molar-refractivity contribution is 0.340. The smallest absolute Gasteiger partial charge is 0.0279 e. The Balaban J connectivity index is 4.15. The first-order valence-corrected chi connectivity index (χ1v) is 6.09.